The molecule has 2 atom stereocenters. The molecular formula is C13H18N4O3S. The lowest BCUT2D eigenvalue weighted by Crippen LogP contribution is -2.45. The minimum absolute atomic E-state index is 0.0255. The van der Waals surface area contributed by atoms with E-state index in [1.807, 2.05) is 18.7 Å². The fourth-order valence-corrected chi connectivity index (χ4v) is 2.65. The lowest BCUT2D eigenvalue weighted by Gasteiger charge is -2.36. The molecule has 2 unspecified atom stereocenters. The molecule has 0 spiro atoms. The van der Waals surface area contributed by atoms with E-state index in [0.29, 0.717) is 24.5 Å². The fraction of sp³-hybridized carbons (Fsp3) is 0.462. The Hall–Kier alpha value is -1.93. The van der Waals surface area contributed by atoms with Gasteiger partial charge in [0.25, 0.3) is 5.69 Å². The standard InChI is InChI=1S/C13H18N4O3S/c1-8-6-16(7-9(2)20-8)11-4-3-10(15-13(14)21)5-12(11)17(18)19/h3-5,8-9H,6-7H2,1-2H3,(H3,14,15,21). The van der Waals surface area contributed by atoms with Crippen LogP contribution < -0.4 is 16.0 Å². The molecule has 2 rings (SSSR count). The maximum Gasteiger partial charge on any atom is 0.294 e. The largest absolute Gasteiger partial charge is 0.376 e. The predicted molar refractivity (Wildman–Crippen MR) is 85.7 cm³/mol. The molecule has 7 nitrogen and oxygen atoms in total. The number of anilines is 2. The summed E-state index contributed by atoms with van der Waals surface area (Å²) in [5.74, 6) is 0. The first-order valence-corrected chi connectivity index (χ1v) is 7.03. The van der Waals surface area contributed by atoms with E-state index in [1.165, 1.54) is 6.07 Å². The van der Waals surface area contributed by atoms with E-state index in [-0.39, 0.29) is 23.0 Å². The zero-order chi connectivity index (χ0) is 15.6. The lowest BCUT2D eigenvalue weighted by atomic mass is 10.1. The van der Waals surface area contributed by atoms with Crippen molar-refractivity contribution in [2.45, 2.75) is 26.1 Å². The van der Waals surface area contributed by atoms with Crippen LogP contribution in [0.15, 0.2) is 18.2 Å². The highest BCUT2D eigenvalue weighted by Crippen LogP contribution is 2.32. The minimum atomic E-state index is -0.398. The zero-order valence-electron chi connectivity index (χ0n) is 11.9. The van der Waals surface area contributed by atoms with Crippen molar-refractivity contribution in [3.63, 3.8) is 0 Å². The molecule has 0 amide bonds. The van der Waals surface area contributed by atoms with Gasteiger partial charge in [-0.2, -0.15) is 0 Å². The van der Waals surface area contributed by atoms with Crippen LogP contribution in [0, 0.1) is 10.1 Å². The number of ether oxygens (including phenoxy) is 1. The summed E-state index contributed by atoms with van der Waals surface area (Å²) in [6.07, 6.45) is 0.0607. The Kier molecular flexibility index (Phi) is 4.59. The maximum absolute atomic E-state index is 11.3. The SMILES string of the molecule is CC1CN(c2ccc(NC(N)=S)cc2[N+](=O)[O-])CC(C)O1. The molecular weight excluding hydrogens is 292 g/mol. The third kappa shape index (κ3) is 3.79. The van der Waals surface area contributed by atoms with Crippen LogP contribution in [0.5, 0.6) is 0 Å². The highest BCUT2D eigenvalue weighted by molar-refractivity contribution is 7.80. The summed E-state index contributed by atoms with van der Waals surface area (Å²) in [5, 5.41) is 14.1. The molecule has 0 saturated carbocycles. The van der Waals surface area contributed by atoms with Gasteiger partial charge in [0.05, 0.1) is 17.1 Å². The van der Waals surface area contributed by atoms with Gasteiger partial charge < -0.3 is 20.7 Å². The quantitative estimate of drug-likeness (QED) is 0.500. The van der Waals surface area contributed by atoms with E-state index in [1.54, 1.807) is 12.1 Å². The van der Waals surface area contributed by atoms with E-state index in [0.717, 1.165) is 0 Å². The van der Waals surface area contributed by atoms with Crippen molar-refractivity contribution in [2.75, 3.05) is 23.3 Å². The van der Waals surface area contributed by atoms with Crippen LogP contribution in [0.3, 0.4) is 0 Å². The van der Waals surface area contributed by atoms with E-state index in [4.69, 9.17) is 22.7 Å². The van der Waals surface area contributed by atoms with Crippen molar-refractivity contribution in [1.29, 1.82) is 0 Å². The molecule has 1 fully saturated rings. The van der Waals surface area contributed by atoms with E-state index in [2.05, 4.69) is 5.32 Å². The Bertz CT molecular complexity index is 556. The van der Waals surface area contributed by atoms with Gasteiger partial charge in [0, 0.05) is 24.8 Å². The number of nitro groups is 1. The summed E-state index contributed by atoms with van der Waals surface area (Å²) in [7, 11) is 0. The molecule has 1 aliphatic rings. The second-order valence-corrected chi connectivity index (χ2v) is 5.55. The fourth-order valence-electron chi connectivity index (χ4n) is 2.53. The highest BCUT2D eigenvalue weighted by atomic mass is 32.1. The summed E-state index contributed by atoms with van der Waals surface area (Å²) in [6.45, 7) is 5.15. The molecule has 1 heterocycles. The number of thiocarbonyl (C=S) groups is 1. The van der Waals surface area contributed by atoms with Gasteiger partial charge in [0.1, 0.15) is 5.69 Å². The number of nitrogens with zero attached hydrogens (tertiary/aromatic N) is 2. The first-order chi connectivity index (χ1) is 9.86. The highest BCUT2D eigenvalue weighted by Gasteiger charge is 2.27. The van der Waals surface area contributed by atoms with Gasteiger partial charge in [-0.1, -0.05) is 0 Å². The molecule has 21 heavy (non-hydrogen) atoms. The van der Waals surface area contributed by atoms with Crippen LogP contribution in [0.2, 0.25) is 0 Å². The second-order valence-electron chi connectivity index (χ2n) is 5.11. The van der Waals surface area contributed by atoms with Gasteiger partial charge in [0.2, 0.25) is 0 Å². The van der Waals surface area contributed by atoms with Gasteiger partial charge >= 0.3 is 0 Å². The lowest BCUT2D eigenvalue weighted by molar-refractivity contribution is -0.384. The molecule has 1 aromatic rings. The molecule has 0 radical (unpaired) electrons. The van der Waals surface area contributed by atoms with Gasteiger partial charge in [0.15, 0.2) is 5.11 Å². The van der Waals surface area contributed by atoms with Crippen molar-refractivity contribution in [2.24, 2.45) is 5.73 Å². The zero-order valence-corrected chi connectivity index (χ0v) is 12.7. The number of hydrogen-bond acceptors (Lipinski definition) is 5. The Labute approximate surface area is 128 Å². The average molecular weight is 310 g/mol. The number of benzene rings is 1. The molecule has 1 aliphatic heterocycles. The van der Waals surface area contributed by atoms with Crippen molar-refractivity contribution in [1.82, 2.24) is 0 Å². The van der Waals surface area contributed by atoms with Crippen molar-refractivity contribution in [3.8, 4) is 0 Å². The summed E-state index contributed by atoms with van der Waals surface area (Å²) in [4.78, 5) is 12.9. The van der Waals surface area contributed by atoms with E-state index < -0.39 is 4.92 Å². The Morgan fingerprint density at radius 3 is 2.62 bits per heavy atom. The number of hydrogen-bond donors (Lipinski definition) is 2. The Balaban J connectivity index is 2.34. The maximum atomic E-state index is 11.3. The van der Waals surface area contributed by atoms with Crippen molar-refractivity contribution >= 4 is 34.4 Å². The summed E-state index contributed by atoms with van der Waals surface area (Å²) in [5.41, 5.74) is 6.50. The van der Waals surface area contributed by atoms with E-state index in [9.17, 15) is 10.1 Å². The monoisotopic (exact) mass is 310 g/mol. The topological polar surface area (TPSA) is 93.7 Å². The number of rotatable bonds is 3. The second kappa shape index (κ2) is 6.23. The van der Waals surface area contributed by atoms with Crippen LogP contribution in [0.25, 0.3) is 0 Å². The van der Waals surface area contributed by atoms with Gasteiger partial charge in [-0.25, -0.2) is 0 Å². The van der Waals surface area contributed by atoms with E-state index >= 15 is 0 Å². The molecule has 0 bridgehead atoms. The third-order valence-corrected chi connectivity index (χ3v) is 3.30. The first kappa shape index (κ1) is 15.5. The van der Waals surface area contributed by atoms with Gasteiger partial charge in [-0.05, 0) is 38.2 Å². The molecule has 0 aromatic heterocycles. The number of nitrogens with one attached hydrogen (secondary N) is 1. The molecule has 8 heteroatoms. The molecule has 1 saturated heterocycles. The smallest absolute Gasteiger partial charge is 0.294 e. The molecule has 114 valence electrons. The Morgan fingerprint density at radius 2 is 2.10 bits per heavy atom. The summed E-state index contributed by atoms with van der Waals surface area (Å²) < 4.78 is 5.66. The molecule has 1 aromatic carbocycles. The molecule has 0 aliphatic carbocycles. The van der Waals surface area contributed by atoms with Gasteiger partial charge in [-0.3, -0.25) is 10.1 Å². The van der Waals surface area contributed by atoms with Crippen LogP contribution in [0.4, 0.5) is 17.1 Å². The number of nitrogens with two attached hydrogens (primary N) is 1. The van der Waals surface area contributed by atoms with Crippen LogP contribution >= 0.6 is 12.2 Å². The first-order valence-electron chi connectivity index (χ1n) is 6.62. The summed E-state index contributed by atoms with van der Waals surface area (Å²) >= 11 is 4.75. The van der Waals surface area contributed by atoms with Crippen LogP contribution in [0.1, 0.15) is 13.8 Å². The van der Waals surface area contributed by atoms with Crippen molar-refractivity contribution in [3.05, 3.63) is 28.3 Å². The van der Waals surface area contributed by atoms with Crippen LogP contribution in [-0.2, 0) is 4.74 Å². The summed E-state index contributed by atoms with van der Waals surface area (Å²) in [6, 6.07) is 4.88. The average Bonchev–Trinajstić information content (AvgIpc) is 2.36. The minimum Gasteiger partial charge on any atom is -0.376 e. The predicted octanol–water partition coefficient (Wildman–Crippen LogP) is 1.86. The molecule has 3 N–H and O–H groups in total. The van der Waals surface area contributed by atoms with Crippen LogP contribution in [-0.4, -0.2) is 35.3 Å². The van der Waals surface area contributed by atoms with Gasteiger partial charge in [-0.15, -0.1) is 0 Å². The Morgan fingerprint density at radius 1 is 1.48 bits per heavy atom. The van der Waals surface area contributed by atoms with Crippen molar-refractivity contribution < 1.29 is 9.66 Å². The number of morpholine rings is 1. The normalized spacial score (nSPS) is 21.9. The number of nitro benzene ring substituents is 1. The third-order valence-electron chi connectivity index (χ3n) is 3.20.